The van der Waals surface area contributed by atoms with Crippen LogP contribution in [0.25, 0.3) is 0 Å². The second kappa shape index (κ2) is 6.21. The summed E-state index contributed by atoms with van der Waals surface area (Å²) in [4.78, 5) is 23.1. The number of rotatable bonds is 5. The zero-order valence-electron chi connectivity index (χ0n) is 11.8. The van der Waals surface area contributed by atoms with Gasteiger partial charge < -0.3 is 14.9 Å². The number of nitrogens with zero attached hydrogens (tertiary/aromatic N) is 1. The van der Waals surface area contributed by atoms with Crippen LogP contribution in [0.4, 0.5) is 0 Å². The number of amides is 1. The zero-order valence-corrected chi connectivity index (χ0v) is 11.8. The Kier molecular flexibility index (Phi) is 4.37. The van der Waals surface area contributed by atoms with Gasteiger partial charge in [-0.05, 0) is 25.0 Å². The molecule has 2 N–H and O–H groups in total. The monoisotopic (exact) mass is 288 g/mol. The highest BCUT2D eigenvalue weighted by Crippen LogP contribution is 2.21. The molecule has 2 aromatic rings. The van der Waals surface area contributed by atoms with E-state index in [4.69, 9.17) is 9.63 Å². The molecule has 6 nitrogen and oxygen atoms in total. The van der Waals surface area contributed by atoms with Crippen molar-refractivity contribution in [1.29, 1.82) is 0 Å². The van der Waals surface area contributed by atoms with Gasteiger partial charge in [0.1, 0.15) is 0 Å². The Morgan fingerprint density at radius 1 is 1.33 bits per heavy atom. The molecule has 0 saturated carbocycles. The number of aliphatic carboxylic acids is 1. The Balaban J connectivity index is 2.23. The second-order valence-electron chi connectivity index (χ2n) is 4.81. The lowest BCUT2D eigenvalue weighted by molar-refractivity contribution is -0.137. The van der Waals surface area contributed by atoms with Crippen LogP contribution in [0.15, 0.2) is 34.9 Å². The maximum Gasteiger partial charge on any atom is 0.305 e. The minimum Gasteiger partial charge on any atom is -0.481 e. The second-order valence-corrected chi connectivity index (χ2v) is 4.81. The van der Waals surface area contributed by atoms with Gasteiger partial charge in [0.25, 0.3) is 5.91 Å². The fourth-order valence-electron chi connectivity index (χ4n) is 2.09. The summed E-state index contributed by atoms with van der Waals surface area (Å²) in [7, 11) is 0. The molecule has 0 aliphatic heterocycles. The van der Waals surface area contributed by atoms with Gasteiger partial charge in [0.15, 0.2) is 0 Å². The third kappa shape index (κ3) is 3.68. The smallest absolute Gasteiger partial charge is 0.305 e. The van der Waals surface area contributed by atoms with E-state index in [0.29, 0.717) is 5.69 Å². The summed E-state index contributed by atoms with van der Waals surface area (Å²) >= 11 is 0. The van der Waals surface area contributed by atoms with Crippen LogP contribution in [-0.2, 0) is 4.79 Å². The number of carbonyl (C=O) groups is 2. The van der Waals surface area contributed by atoms with E-state index in [2.05, 4.69) is 10.5 Å². The number of benzene rings is 1. The lowest BCUT2D eigenvalue weighted by atomic mass is 9.98. The van der Waals surface area contributed by atoms with Crippen LogP contribution >= 0.6 is 0 Å². The van der Waals surface area contributed by atoms with Gasteiger partial charge in [-0.1, -0.05) is 29.4 Å². The number of carboxylic acid groups (broad SMARTS) is 1. The Morgan fingerprint density at radius 3 is 2.62 bits per heavy atom. The van der Waals surface area contributed by atoms with Gasteiger partial charge in [-0.2, -0.15) is 0 Å². The molecular formula is C15H16N2O4. The minimum absolute atomic E-state index is 0.0662. The highest BCUT2D eigenvalue weighted by molar-refractivity contribution is 5.92. The summed E-state index contributed by atoms with van der Waals surface area (Å²) in [6, 6.07) is 8.22. The number of nitrogens with one attached hydrogen (secondary N) is 1. The van der Waals surface area contributed by atoms with Crippen molar-refractivity contribution in [3.8, 4) is 0 Å². The van der Waals surface area contributed by atoms with Crippen molar-refractivity contribution < 1.29 is 19.2 Å². The molecule has 1 amide bonds. The molecule has 1 heterocycles. The molecule has 1 atom stereocenters. The van der Waals surface area contributed by atoms with E-state index in [0.717, 1.165) is 11.1 Å². The highest BCUT2D eigenvalue weighted by Gasteiger charge is 2.22. The van der Waals surface area contributed by atoms with Crippen molar-refractivity contribution in [3.63, 3.8) is 0 Å². The molecule has 1 aromatic heterocycles. The minimum atomic E-state index is -0.989. The highest BCUT2D eigenvalue weighted by atomic mass is 16.5. The molecular weight excluding hydrogens is 272 g/mol. The molecule has 6 heteroatoms. The van der Waals surface area contributed by atoms with E-state index in [1.165, 1.54) is 6.07 Å². The van der Waals surface area contributed by atoms with Crippen LogP contribution < -0.4 is 5.32 Å². The average molecular weight is 288 g/mol. The van der Waals surface area contributed by atoms with E-state index in [1.54, 1.807) is 13.0 Å². The number of hydrogen-bond donors (Lipinski definition) is 2. The number of hydrogen-bond acceptors (Lipinski definition) is 4. The van der Waals surface area contributed by atoms with Crippen LogP contribution in [0.2, 0.25) is 0 Å². The maximum absolute atomic E-state index is 12.1. The summed E-state index contributed by atoms with van der Waals surface area (Å²) in [5, 5.41) is 15.4. The van der Waals surface area contributed by atoms with Gasteiger partial charge in [-0.15, -0.1) is 0 Å². The zero-order chi connectivity index (χ0) is 15.4. The fraction of sp³-hybridized carbons (Fsp3) is 0.267. The lowest BCUT2D eigenvalue weighted by Crippen LogP contribution is -2.30. The van der Waals surface area contributed by atoms with Crippen LogP contribution in [0.3, 0.4) is 0 Å². The number of carboxylic acids is 1. The molecule has 0 saturated heterocycles. The van der Waals surface area contributed by atoms with E-state index >= 15 is 0 Å². The molecule has 1 aromatic carbocycles. The number of carbonyl (C=O) groups excluding carboxylic acids is 1. The Bertz CT molecular complexity index is 663. The predicted molar refractivity (Wildman–Crippen MR) is 74.9 cm³/mol. The van der Waals surface area contributed by atoms with Gasteiger partial charge in [0, 0.05) is 6.07 Å². The molecule has 21 heavy (non-hydrogen) atoms. The van der Waals surface area contributed by atoms with Gasteiger partial charge in [-0.25, -0.2) is 0 Å². The molecule has 2 rings (SSSR count). The van der Waals surface area contributed by atoms with Crippen molar-refractivity contribution in [2.24, 2.45) is 0 Å². The average Bonchev–Trinajstić information content (AvgIpc) is 2.85. The van der Waals surface area contributed by atoms with Crippen molar-refractivity contribution in [3.05, 3.63) is 52.9 Å². The largest absolute Gasteiger partial charge is 0.481 e. The third-order valence-corrected chi connectivity index (χ3v) is 3.10. The summed E-state index contributed by atoms with van der Waals surface area (Å²) < 4.78 is 4.89. The first-order valence-electron chi connectivity index (χ1n) is 6.49. The lowest BCUT2D eigenvalue weighted by Gasteiger charge is -2.18. The van der Waals surface area contributed by atoms with Crippen LogP contribution in [0, 0.1) is 13.8 Å². The number of aromatic nitrogens is 1. The van der Waals surface area contributed by atoms with E-state index in [1.807, 2.05) is 25.1 Å². The molecule has 0 fully saturated rings. The summed E-state index contributed by atoms with van der Waals surface area (Å²) in [6.45, 7) is 3.57. The van der Waals surface area contributed by atoms with Crippen LogP contribution in [-0.4, -0.2) is 22.1 Å². The number of aryl methyl sites for hydroxylation is 2. The standard InChI is InChI=1S/C15H16N2O4/c1-9-5-3-4-6-11(9)12(8-14(18)19)16-15(20)13-7-10(2)17-21-13/h3-7,12H,8H2,1-2H3,(H,16,20)(H,18,19). The normalized spacial score (nSPS) is 11.9. The van der Waals surface area contributed by atoms with Crippen molar-refractivity contribution in [2.75, 3.05) is 0 Å². The van der Waals surface area contributed by atoms with E-state index < -0.39 is 17.9 Å². The first-order chi connectivity index (χ1) is 9.97. The molecule has 0 bridgehead atoms. The van der Waals surface area contributed by atoms with Gasteiger partial charge in [0.05, 0.1) is 18.2 Å². The Morgan fingerprint density at radius 2 is 2.05 bits per heavy atom. The van der Waals surface area contributed by atoms with E-state index in [-0.39, 0.29) is 12.2 Å². The summed E-state index contributed by atoms with van der Waals surface area (Å²) in [6.07, 6.45) is -0.205. The van der Waals surface area contributed by atoms with Crippen molar-refractivity contribution >= 4 is 11.9 Å². The molecule has 110 valence electrons. The molecule has 0 aliphatic carbocycles. The quantitative estimate of drug-likeness (QED) is 0.880. The van der Waals surface area contributed by atoms with Gasteiger partial charge in [-0.3, -0.25) is 9.59 Å². The third-order valence-electron chi connectivity index (χ3n) is 3.10. The summed E-state index contributed by atoms with van der Waals surface area (Å²) in [5.41, 5.74) is 2.27. The van der Waals surface area contributed by atoms with E-state index in [9.17, 15) is 9.59 Å². The maximum atomic E-state index is 12.1. The molecule has 0 aliphatic rings. The van der Waals surface area contributed by atoms with Crippen molar-refractivity contribution in [1.82, 2.24) is 10.5 Å². The van der Waals surface area contributed by atoms with Crippen LogP contribution in [0.1, 0.15) is 39.8 Å². The SMILES string of the molecule is Cc1cc(C(=O)NC(CC(=O)O)c2ccccc2C)on1. The topological polar surface area (TPSA) is 92.4 Å². The predicted octanol–water partition coefficient (Wildman–Crippen LogP) is 2.24. The molecule has 0 spiro atoms. The fourth-order valence-corrected chi connectivity index (χ4v) is 2.09. The van der Waals surface area contributed by atoms with Gasteiger partial charge >= 0.3 is 5.97 Å². The van der Waals surface area contributed by atoms with Crippen molar-refractivity contribution in [2.45, 2.75) is 26.3 Å². The Labute approximate surface area is 121 Å². The Hall–Kier alpha value is -2.63. The summed E-state index contributed by atoms with van der Waals surface area (Å²) in [5.74, 6) is -1.40. The molecule has 0 radical (unpaired) electrons. The molecule has 1 unspecified atom stereocenters. The first-order valence-corrected chi connectivity index (χ1v) is 6.49. The van der Waals surface area contributed by atoms with Gasteiger partial charge in [0.2, 0.25) is 5.76 Å². The van der Waals surface area contributed by atoms with Crippen LogP contribution in [0.5, 0.6) is 0 Å². The first kappa shape index (κ1) is 14.8.